The van der Waals surface area contributed by atoms with E-state index in [1.807, 2.05) is 20.8 Å². The predicted octanol–water partition coefficient (Wildman–Crippen LogP) is 1.59. The summed E-state index contributed by atoms with van der Waals surface area (Å²) in [6.07, 6.45) is 0.955. The number of methoxy groups -OCH3 is 1. The fraction of sp³-hybridized carbons (Fsp3) is 0.900. The third-order valence-corrected chi connectivity index (χ3v) is 2.19. The second kappa shape index (κ2) is 5.97. The summed E-state index contributed by atoms with van der Waals surface area (Å²) < 4.78 is 4.64. The highest BCUT2D eigenvalue weighted by Gasteiger charge is 2.29. The zero-order valence-corrected chi connectivity index (χ0v) is 8.91. The average molecular weight is 188 g/mol. The Morgan fingerprint density at radius 1 is 1.46 bits per heavy atom. The van der Waals surface area contributed by atoms with Crippen LogP contribution in [0, 0.1) is 11.8 Å². The zero-order chi connectivity index (χ0) is 10.4. The van der Waals surface area contributed by atoms with Crippen LogP contribution >= 0.6 is 0 Å². The summed E-state index contributed by atoms with van der Waals surface area (Å²) in [6.45, 7) is 5.82. The molecule has 3 heteroatoms. The van der Waals surface area contributed by atoms with Crippen molar-refractivity contribution in [2.75, 3.05) is 7.11 Å². The van der Waals surface area contributed by atoms with E-state index in [0.29, 0.717) is 6.42 Å². The molecule has 0 spiro atoms. The predicted molar refractivity (Wildman–Crippen MR) is 51.3 cm³/mol. The monoisotopic (exact) mass is 188 g/mol. The lowest BCUT2D eigenvalue weighted by molar-refractivity contribution is -0.151. The van der Waals surface area contributed by atoms with Crippen LogP contribution in [-0.4, -0.2) is 24.3 Å². The number of hydrogen-bond donors (Lipinski definition) is 1. The van der Waals surface area contributed by atoms with Crippen molar-refractivity contribution >= 4 is 5.97 Å². The number of aliphatic hydroxyl groups excluding tert-OH is 1. The number of aliphatic hydroxyl groups is 1. The summed E-state index contributed by atoms with van der Waals surface area (Å²) in [4.78, 5) is 11.3. The standard InChI is InChI=1S/C10H20O3/c1-5-6-8(11)9(7(2)3)10(12)13-4/h7-9,11H,5-6H2,1-4H3. The van der Waals surface area contributed by atoms with Crippen LogP contribution in [0.5, 0.6) is 0 Å². The molecule has 0 aromatic carbocycles. The Kier molecular flexibility index (Phi) is 5.71. The number of carbonyl (C=O) groups is 1. The van der Waals surface area contributed by atoms with Crippen molar-refractivity contribution < 1.29 is 14.6 Å². The molecule has 78 valence electrons. The van der Waals surface area contributed by atoms with Gasteiger partial charge in [-0.15, -0.1) is 0 Å². The SMILES string of the molecule is CCCC(O)C(C(=O)OC)C(C)C. The Labute approximate surface area is 80.1 Å². The molecule has 0 saturated carbocycles. The molecule has 0 aliphatic heterocycles. The maximum Gasteiger partial charge on any atom is 0.311 e. The maximum absolute atomic E-state index is 11.3. The van der Waals surface area contributed by atoms with Gasteiger partial charge in [-0.3, -0.25) is 4.79 Å². The number of carbonyl (C=O) groups excluding carboxylic acids is 1. The lowest BCUT2D eigenvalue weighted by atomic mass is 9.88. The van der Waals surface area contributed by atoms with E-state index in [4.69, 9.17) is 0 Å². The van der Waals surface area contributed by atoms with Crippen molar-refractivity contribution in [1.29, 1.82) is 0 Å². The fourth-order valence-corrected chi connectivity index (χ4v) is 1.48. The van der Waals surface area contributed by atoms with Crippen LogP contribution in [0.15, 0.2) is 0 Å². The van der Waals surface area contributed by atoms with E-state index in [2.05, 4.69) is 4.74 Å². The molecule has 0 rings (SSSR count). The van der Waals surface area contributed by atoms with Crippen LogP contribution < -0.4 is 0 Å². The highest BCUT2D eigenvalue weighted by Crippen LogP contribution is 2.20. The van der Waals surface area contributed by atoms with E-state index >= 15 is 0 Å². The van der Waals surface area contributed by atoms with Crippen LogP contribution in [0.3, 0.4) is 0 Å². The van der Waals surface area contributed by atoms with Gasteiger partial charge in [-0.2, -0.15) is 0 Å². The summed E-state index contributed by atoms with van der Waals surface area (Å²) in [5.74, 6) is -0.574. The van der Waals surface area contributed by atoms with Gasteiger partial charge in [0.2, 0.25) is 0 Å². The first-order chi connectivity index (χ1) is 6.04. The van der Waals surface area contributed by atoms with Gasteiger partial charge in [0, 0.05) is 0 Å². The first-order valence-electron chi connectivity index (χ1n) is 4.80. The van der Waals surface area contributed by atoms with Gasteiger partial charge in [0.1, 0.15) is 0 Å². The van der Waals surface area contributed by atoms with E-state index < -0.39 is 6.10 Å². The third kappa shape index (κ3) is 3.77. The molecule has 0 bridgehead atoms. The van der Waals surface area contributed by atoms with Crippen molar-refractivity contribution in [2.45, 2.75) is 39.7 Å². The van der Waals surface area contributed by atoms with E-state index in [9.17, 15) is 9.90 Å². The van der Waals surface area contributed by atoms with E-state index in [1.54, 1.807) is 0 Å². The lowest BCUT2D eigenvalue weighted by Gasteiger charge is -2.23. The van der Waals surface area contributed by atoms with Crippen LogP contribution in [0.4, 0.5) is 0 Å². The van der Waals surface area contributed by atoms with Gasteiger partial charge in [-0.25, -0.2) is 0 Å². The van der Waals surface area contributed by atoms with Gasteiger partial charge >= 0.3 is 5.97 Å². The molecule has 0 fully saturated rings. The minimum Gasteiger partial charge on any atom is -0.469 e. The fourth-order valence-electron chi connectivity index (χ4n) is 1.48. The largest absolute Gasteiger partial charge is 0.469 e. The summed E-state index contributed by atoms with van der Waals surface area (Å²) in [6, 6.07) is 0. The summed E-state index contributed by atoms with van der Waals surface area (Å²) in [5.41, 5.74) is 0. The molecule has 0 aromatic heterocycles. The van der Waals surface area contributed by atoms with Crippen molar-refractivity contribution in [3.05, 3.63) is 0 Å². The van der Waals surface area contributed by atoms with Crippen LogP contribution in [0.1, 0.15) is 33.6 Å². The third-order valence-electron chi connectivity index (χ3n) is 2.19. The number of esters is 1. The lowest BCUT2D eigenvalue weighted by Crippen LogP contribution is -2.33. The van der Waals surface area contributed by atoms with Crippen LogP contribution in [0.2, 0.25) is 0 Å². The molecular weight excluding hydrogens is 168 g/mol. The van der Waals surface area contributed by atoms with Gasteiger partial charge in [-0.05, 0) is 12.3 Å². The number of hydrogen-bond acceptors (Lipinski definition) is 3. The number of ether oxygens (including phenoxy) is 1. The molecule has 3 nitrogen and oxygen atoms in total. The van der Waals surface area contributed by atoms with E-state index in [1.165, 1.54) is 7.11 Å². The molecule has 0 aliphatic rings. The van der Waals surface area contributed by atoms with Crippen molar-refractivity contribution in [2.24, 2.45) is 11.8 Å². The topological polar surface area (TPSA) is 46.5 Å². The molecular formula is C10H20O3. The molecule has 1 N–H and O–H groups in total. The first-order valence-corrected chi connectivity index (χ1v) is 4.80. The van der Waals surface area contributed by atoms with E-state index in [0.717, 1.165) is 6.42 Å². The smallest absolute Gasteiger partial charge is 0.311 e. The van der Waals surface area contributed by atoms with Crippen molar-refractivity contribution in [1.82, 2.24) is 0 Å². The normalized spacial score (nSPS) is 15.5. The quantitative estimate of drug-likeness (QED) is 0.666. The molecule has 2 atom stereocenters. The van der Waals surface area contributed by atoms with Crippen molar-refractivity contribution in [3.8, 4) is 0 Å². The summed E-state index contributed by atoms with van der Waals surface area (Å²) >= 11 is 0. The summed E-state index contributed by atoms with van der Waals surface area (Å²) in [7, 11) is 1.36. The molecule has 0 radical (unpaired) electrons. The Morgan fingerprint density at radius 3 is 2.31 bits per heavy atom. The Hall–Kier alpha value is -0.570. The Bertz CT molecular complexity index is 154. The summed E-state index contributed by atoms with van der Waals surface area (Å²) in [5, 5.41) is 9.68. The maximum atomic E-state index is 11.3. The molecule has 0 amide bonds. The van der Waals surface area contributed by atoms with Gasteiger partial charge in [0.05, 0.1) is 19.1 Å². The highest BCUT2D eigenvalue weighted by atomic mass is 16.5. The molecule has 2 unspecified atom stereocenters. The molecule has 13 heavy (non-hydrogen) atoms. The molecule has 0 aromatic rings. The average Bonchev–Trinajstić information content (AvgIpc) is 2.04. The minimum absolute atomic E-state index is 0.119. The van der Waals surface area contributed by atoms with E-state index in [-0.39, 0.29) is 17.8 Å². The minimum atomic E-state index is -0.572. The number of rotatable bonds is 5. The van der Waals surface area contributed by atoms with Gasteiger partial charge in [-0.1, -0.05) is 27.2 Å². The second-order valence-electron chi connectivity index (χ2n) is 3.65. The van der Waals surface area contributed by atoms with Gasteiger partial charge in [0.25, 0.3) is 0 Å². The molecule has 0 heterocycles. The van der Waals surface area contributed by atoms with Crippen molar-refractivity contribution in [3.63, 3.8) is 0 Å². The second-order valence-corrected chi connectivity index (χ2v) is 3.65. The Morgan fingerprint density at radius 2 is 2.00 bits per heavy atom. The van der Waals surface area contributed by atoms with Gasteiger partial charge < -0.3 is 9.84 Å². The Balaban J connectivity index is 4.32. The van der Waals surface area contributed by atoms with Crippen LogP contribution in [0.25, 0.3) is 0 Å². The zero-order valence-electron chi connectivity index (χ0n) is 8.91. The molecule has 0 saturated heterocycles. The first kappa shape index (κ1) is 12.4. The van der Waals surface area contributed by atoms with Crippen LogP contribution in [-0.2, 0) is 9.53 Å². The van der Waals surface area contributed by atoms with Gasteiger partial charge in [0.15, 0.2) is 0 Å². The highest BCUT2D eigenvalue weighted by molar-refractivity contribution is 5.73. The molecule has 0 aliphatic carbocycles.